The van der Waals surface area contributed by atoms with Crippen molar-refractivity contribution in [3.8, 4) is 0 Å². The Bertz CT molecular complexity index is 892. The molecule has 0 spiro atoms. The predicted octanol–water partition coefficient (Wildman–Crippen LogP) is 4.64. The molecular weight excluding hydrogens is 382 g/mol. The van der Waals surface area contributed by atoms with Crippen molar-refractivity contribution in [3.63, 3.8) is 0 Å². The van der Waals surface area contributed by atoms with Crippen LogP contribution in [0.2, 0.25) is 0 Å². The second-order valence-corrected chi connectivity index (χ2v) is 5.26. The number of carbonyl (C=O) groups excluding carboxylic acids is 1. The molecule has 5 nitrogen and oxygen atoms in total. The van der Waals surface area contributed by atoms with E-state index in [0.717, 1.165) is 12.1 Å². The van der Waals surface area contributed by atoms with Crippen LogP contribution < -0.4 is 10.6 Å². The molecule has 2 aromatic rings. The molecule has 0 fully saturated rings. The summed E-state index contributed by atoms with van der Waals surface area (Å²) in [6.45, 7) is 0. The molecule has 2 amide bonds. The molecular formula is C16H10F6N2O3. The zero-order chi connectivity index (χ0) is 20.6. The number of urea groups is 1. The van der Waals surface area contributed by atoms with Crippen LogP contribution in [0.4, 0.5) is 42.5 Å². The number of benzene rings is 2. The Balaban J connectivity index is 2.74. The Kier molecular flexibility index (Phi) is 5.07. The van der Waals surface area contributed by atoms with Gasteiger partial charge in [0.1, 0.15) is 0 Å². The molecule has 0 aliphatic rings. The van der Waals surface area contributed by atoms with Crippen LogP contribution in [0.1, 0.15) is 21.5 Å². The van der Waals surface area contributed by atoms with Crippen LogP contribution in [0.5, 0.6) is 0 Å². The van der Waals surface area contributed by atoms with Gasteiger partial charge in [-0.05, 0) is 36.4 Å². The predicted molar refractivity (Wildman–Crippen MR) is 81.6 cm³/mol. The van der Waals surface area contributed by atoms with Crippen molar-refractivity contribution >= 4 is 23.4 Å². The Morgan fingerprint density at radius 1 is 0.889 bits per heavy atom. The second-order valence-electron chi connectivity index (χ2n) is 5.26. The zero-order valence-electron chi connectivity index (χ0n) is 13.1. The number of carbonyl (C=O) groups is 2. The molecule has 0 aliphatic carbocycles. The number of rotatable bonds is 3. The van der Waals surface area contributed by atoms with Gasteiger partial charge in [-0.1, -0.05) is 6.07 Å². The summed E-state index contributed by atoms with van der Waals surface area (Å²) in [7, 11) is 0. The van der Waals surface area contributed by atoms with E-state index in [1.807, 2.05) is 0 Å². The maximum atomic E-state index is 13.0. The highest BCUT2D eigenvalue weighted by molar-refractivity contribution is 6.05. The summed E-state index contributed by atoms with van der Waals surface area (Å²) in [5, 5.41) is 9.18. The van der Waals surface area contributed by atoms with Gasteiger partial charge in [0, 0.05) is 0 Å². The van der Waals surface area contributed by atoms with Crippen molar-refractivity contribution in [1.82, 2.24) is 0 Å². The maximum absolute atomic E-state index is 13.0. The Labute approximate surface area is 147 Å². The van der Waals surface area contributed by atoms with Gasteiger partial charge in [-0.2, -0.15) is 26.3 Å². The van der Waals surface area contributed by atoms with E-state index in [-0.39, 0.29) is 4.90 Å². The quantitative estimate of drug-likeness (QED) is 0.747. The van der Waals surface area contributed by atoms with Crippen LogP contribution in [0.25, 0.3) is 0 Å². The fraction of sp³-hybridized carbons (Fsp3) is 0.125. The second kappa shape index (κ2) is 6.82. The van der Waals surface area contributed by atoms with Crippen molar-refractivity contribution < 1.29 is 41.0 Å². The highest BCUT2D eigenvalue weighted by Crippen LogP contribution is 2.38. The number of halogens is 6. The summed E-state index contributed by atoms with van der Waals surface area (Å²) >= 11 is 0. The number of aromatic carboxylic acids is 1. The summed E-state index contributed by atoms with van der Waals surface area (Å²) in [6, 6.07) is 2.95. The Morgan fingerprint density at radius 3 is 1.93 bits per heavy atom. The minimum absolute atomic E-state index is 0.272. The van der Waals surface area contributed by atoms with Crippen LogP contribution in [-0.2, 0) is 12.4 Å². The van der Waals surface area contributed by atoms with Crippen molar-refractivity contribution in [2.75, 3.05) is 4.90 Å². The topological polar surface area (TPSA) is 83.6 Å². The number of carboxylic acid groups (broad SMARTS) is 1. The number of hydrogen-bond acceptors (Lipinski definition) is 2. The van der Waals surface area contributed by atoms with E-state index in [9.17, 15) is 41.0 Å². The summed E-state index contributed by atoms with van der Waals surface area (Å²) < 4.78 is 77.5. The van der Waals surface area contributed by atoms with Gasteiger partial charge in [-0.3, -0.25) is 4.90 Å². The van der Waals surface area contributed by atoms with Crippen LogP contribution in [0.15, 0.2) is 42.5 Å². The number of amides is 2. The van der Waals surface area contributed by atoms with Crippen LogP contribution in [-0.4, -0.2) is 17.1 Å². The SMILES string of the molecule is NC(=O)N(c1cccc(C(F)(F)F)c1)c1cc(C(F)(F)F)ccc1C(=O)O. The number of anilines is 2. The molecule has 0 saturated carbocycles. The molecule has 0 aromatic heterocycles. The molecule has 0 heterocycles. The lowest BCUT2D eigenvalue weighted by atomic mass is 10.1. The third-order valence-electron chi connectivity index (χ3n) is 3.45. The largest absolute Gasteiger partial charge is 0.478 e. The fourth-order valence-electron chi connectivity index (χ4n) is 2.28. The van der Waals surface area contributed by atoms with E-state index >= 15 is 0 Å². The molecule has 3 N–H and O–H groups in total. The maximum Gasteiger partial charge on any atom is 0.416 e. The summed E-state index contributed by atoms with van der Waals surface area (Å²) in [4.78, 5) is 23.4. The molecule has 0 aliphatic heterocycles. The standard InChI is InChI=1S/C16H10F6N2O3/c17-15(18,19)8-2-1-3-10(6-8)24(14(23)27)12-7-9(16(20,21)22)4-5-11(12)13(25)26/h1-7H,(H2,23,27)(H,25,26). The number of alkyl halides is 6. The number of carboxylic acids is 1. The Hall–Kier alpha value is -3.24. The molecule has 2 aromatic carbocycles. The molecule has 0 saturated heterocycles. The first-order valence-electron chi connectivity index (χ1n) is 7.03. The van der Waals surface area contributed by atoms with E-state index in [1.165, 1.54) is 0 Å². The van der Waals surface area contributed by atoms with E-state index < -0.39 is 52.4 Å². The average Bonchev–Trinajstić information content (AvgIpc) is 2.53. The average molecular weight is 392 g/mol. The zero-order valence-corrected chi connectivity index (χ0v) is 13.1. The minimum atomic E-state index is -4.89. The third-order valence-corrected chi connectivity index (χ3v) is 3.45. The van der Waals surface area contributed by atoms with E-state index in [2.05, 4.69) is 0 Å². The monoisotopic (exact) mass is 392 g/mol. The third kappa shape index (κ3) is 4.30. The first-order valence-corrected chi connectivity index (χ1v) is 7.03. The molecule has 0 radical (unpaired) electrons. The van der Waals surface area contributed by atoms with Gasteiger partial charge < -0.3 is 10.8 Å². The van der Waals surface area contributed by atoms with Gasteiger partial charge in [0.2, 0.25) is 0 Å². The molecule has 0 unspecified atom stereocenters. The Morgan fingerprint density at radius 2 is 1.44 bits per heavy atom. The lowest BCUT2D eigenvalue weighted by molar-refractivity contribution is -0.138. The van der Waals surface area contributed by atoms with Gasteiger partial charge in [0.15, 0.2) is 0 Å². The molecule has 0 atom stereocenters. The number of hydrogen-bond donors (Lipinski definition) is 2. The van der Waals surface area contributed by atoms with Crippen molar-refractivity contribution in [3.05, 3.63) is 59.2 Å². The number of nitrogens with zero attached hydrogens (tertiary/aromatic N) is 1. The van der Waals surface area contributed by atoms with Crippen LogP contribution in [0.3, 0.4) is 0 Å². The first-order chi connectivity index (χ1) is 12.3. The van der Waals surface area contributed by atoms with Crippen molar-refractivity contribution in [2.24, 2.45) is 5.73 Å². The first kappa shape index (κ1) is 20.1. The van der Waals surface area contributed by atoms with Gasteiger partial charge in [-0.25, -0.2) is 9.59 Å². The van der Waals surface area contributed by atoms with E-state index in [0.29, 0.717) is 30.3 Å². The molecule has 2 rings (SSSR count). The number of primary amides is 1. The lowest BCUT2D eigenvalue weighted by Gasteiger charge is -2.24. The molecule has 11 heteroatoms. The van der Waals surface area contributed by atoms with Gasteiger partial charge in [0.05, 0.1) is 28.1 Å². The smallest absolute Gasteiger partial charge is 0.416 e. The normalized spacial score (nSPS) is 11.9. The van der Waals surface area contributed by atoms with Gasteiger partial charge in [-0.15, -0.1) is 0 Å². The molecule has 144 valence electrons. The van der Waals surface area contributed by atoms with Crippen LogP contribution in [0, 0.1) is 0 Å². The lowest BCUT2D eigenvalue weighted by Crippen LogP contribution is -2.33. The summed E-state index contributed by atoms with van der Waals surface area (Å²) in [5.41, 5.74) is 0.507. The fourth-order valence-corrected chi connectivity index (χ4v) is 2.28. The van der Waals surface area contributed by atoms with Crippen LogP contribution >= 0.6 is 0 Å². The van der Waals surface area contributed by atoms with Crippen molar-refractivity contribution in [2.45, 2.75) is 12.4 Å². The summed E-state index contributed by atoms with van der Waals surface area (Å²) in [6.07, 6.45) is -9.69. The summed E-state index contributed by atoms with van der Waals surface area (Å²) in [5.74, 6) is -1.70. The highest BCUT2D eigenvalue weighted by atomic mass is 19.4. The molecule has 27 heavy (non-hydrogen) atoms. The minimum Gasteiger partial charge on any atom is -0.478 e. The van der Waals surface area contributed by atoms with Gasteiger partial charge in [0.25, 0.3) is 0 Å². The number of nitrogens with two attached hydrogens (primary N) is 1. The van der Waals surface area contributed by atoms with Crippen molar-refractivity contribution in [1.29, 1.82) is 0 Å². The molecule has 0 bridgehead atoms. The van der Waals surface area contributed by atoms with E-state index in [4.69, 9.17) is 5.73 Å². The van der Waals surface area contributed by atoms with Gasteiger partial charge >= 0.3 is 24.4 Å². The highest BCUT2D eigenvalue weighted by Gasteiger charge is 2.34. The van der Waals surface area contributed by atoms with E-state index in [1.54, 1.807) is 0 Å².